The minimum Gasteiger partial charge on any atom is -0.338 e. The molecule has 2 aromatic heterocycles. The van der Waals surface area contributed by atoms with Crippen LogP contribution in [0.3, 0.4) is 0 Å². The molecule has 8 heteroatoms. The van der Waals surface area contributed by atoms with E-state index in [9.17, 15) is 0 Å². The van der Waals surface area contributed by atoms with E-state index in [0.717, 1.165) is 11.0 Å². The maximum Gasteiger partial charge on any atom is 0.239 e. The van der Waals surface area contributed by atoms with Gasteiger partial charge < -0.3 is 4.52 Å². The minimum absolute atomic E-state index is 0.0553. The summed E-state index contributed by atoms with van der Waals surface area (Å²) in [7, 11) is 1.80. The van der Waals surface area contributed by atoms with Crippen LogP contribution in [-0.4, -0.2) is 30.3 Å². The maximum atomic E-state index is 5.26. The molecule has 2 heterocycles. The molecule has 0 N–H and O–H groups in total. The number of hydrogen-bond acceptors (Lipinski definition) is 7. The Kier molecular flexibility index (Phi) is 2.58. The molecule has 0 saturated heterocycles. The van der Waals surface area contributed by atoms with E-state index in [2.05, 4.69) is 25.7 Å². The van der Waals surface area contributed by atoms with E-state index in [4.69, 9.17) is 4.52 Å². The molecule has 1 aliphatic rings. The lowest BCUT2D eigenvalue weighted by molar-refractivity contribution is 0.374. The molecule has 0 aliphatic heterocycles. The van der Waals surface area contributed by atoms with Crippen LogP contribution in [0.15, 0.2) is 9.68 Å². The van der Waals surface area contributed by atoms with Gasteiger partial charge in [0.25, 0.3) is 0 Å². The van der Waals surface area contributed by atoms with Gasteiger partial charge in [-0.05, 0) is 30.2 Å². The third-order valence-corrected chi connectivity index (χ3v) is 3.72. The maximum absolute atomic E-state index is 5.26. The topological polar surface area (TPSA) is 82.5 Å². The predicted octanol–water partition coefficient (Wildman–Crippen LogP) is 1.32. The monoisotopic (exact) mass is 252 g/mol. The summed E-state index contributed by atoms with van der Waals surface area (Å²) in [6.45, 7) is 2.00. The second-order valence-corrected chi connectivity index (χ2v) is 5.42. The quantitative estimate of drug-likeness (QED) is 0.759. The Morgan fingerprint density at radius 3 is 2.94 bits per heavy atom. The molecule has 17 heavy (non-hydrogen) atoms. The molecule has 0 bridgehead atoms. The zero-order valence-corrected chi connectivity index (χ0v) is 10.4. The number of hydrogen-bond donors (Lipinski definition) is 0. The van der Waals surface area contributed by atoms with Gasteiger partial charge in [-0.3, -0.25) is 0 Å². The van der Waals surface area contributed by atoms with Crippen molar-refractivity contribution in [3.63, 3.8) is 0 Å². The summed E-state index contributed by atoms with van der Waals surface area (Å²) in [5.74, 6) is 1.99. The smallest absolute Gasteiger partial charge is 0.239 e. The Morgan fingerprint density at radius 1 is 1.47 bits per heavy atom. The van der Waals surface area contributed by atoms with Gasteiger partial charge in [0.1, 0.15) is 0 Å². The third-order valence-electron chi connectivity index (χ3n) is 2.61. The number of tetrazole rings is 1. The average molecular weight is 252 g/mol. The lowest BCUT2D eigenvalue weighted by Crippen LogP contribution is -1.96. The van der Waals surface area contributed by atoms with E-state index in [1.165, 1.54) is 24.6 Å². The third kappa shape index (κ3) is 2.17. The van der Waals surface area contributed by atoms with Gasteiger partial charge in [0, 0.05) is 13.0 Å². The van der Waals surface area contributed by atoms with Crippen molar-refractivity contribution in [2.45, 2.75) is 36.1 Å². The fourth-order valence-electron chi connectivity index (χ4n) is 1.45. The van der Waals surface area contributed by atoms with Crippen molar-refractivity contribution in [3.05, 3.63) is 11.7 Å². The highest BCUT2D eigenvalue weighted by molar-refractivity contribution is 7.99. The largest absolute Gasteiger partial charge is 0.338 e. The lowest BCUT2D eigenvalue weighted by Gasteiger charge is -2.03. The van der Waals surface area contributed by atoms with Gasteiger partial charge >= 0.3 is 0 Å². The van der Waals surface area contributed by atoms with Crippen LogP contribution in [0, 0.1) is 0 Å². The summed E-state index contributed by atoms with van der Waals surface area (Å²) in [5, 5.41) is 16.1. The summed E-state index contributed by atoms with van der Waals surface area (Å²) in [6.07, 6.45) is 2.35. The first-order valence-electron chi connectivity index (χ1n) is 5.46. The molecule has 0 aromatic carbocycles. The number of nitrogens with zero attached hydrogens (tertiary/aromatic N) is 6. The van der Waals surface area contributed by atoms with E-state index >= 15 is 0 Å². The highest BCUT2D eigenvalue weighted by Crippen LogP contribution is 2.39. The standard InChI is InChI=1S/C9H12N6OS/c1-5(17-9-11-13-14-15(9)2)8-10-7(12-16-8)6-3-4-6/h5-6H,3-4H2,1-2H3/t5-/m1/s1. The number of thioether (sulfide) groups is 1. The molecule has 0 amide bonds. The molecule has 2 aromatic rings. The lowest BCUT2D eigenvalue weighted by atomic mass is 10.4. The summed E-state index contributed by atoms with van der Waals surface area (Å²) in [5.41, 5.74) is 0. The van der Waals surface area contributed by atoms with Crippen LogP contribution < -0.4 is 0 Å². The second-order valence-electron chi connectivity index (χ2n) is 4.11. The van der Waals surface area contributed by atoms with Crippen molar-refractivity contribution in [2.75, 3.05) is 0 Å². The van der Waals surface area contributed by atoms with Crippen LogP contribution in [0.5, 0.6) is 0 Å². The second kappa shape index (κ2) is 4.10. The van der Waals surface area contributed by atoms with E-state index < -0.39 is 0 Å². The molecular formula is C9H12N6OS. The minimum atomic E-state index is 0.0553. The van der Waals surface area contributed by atoms with Crippen LogP contribution in [0.1, 0.15) is 42.6 Å². The van der Waals surface area contributed by atoms with Gasteiger partial charge in [0.2, 0.25) is 11.0 Å². The van der Waals surface area contributed by atoms with Crippen molar-refractivity contribution in [1.82, 2.24) is 30.3 Å². The Hall–Kier alpha value is -1.44. The van der Waals surface area contributed by atoms with E-state index in [1.807, 2.05) is 6.92 Å². The predicted molar refractivity (Wildman–Crippen MR) is 59.3 cm³/mol. The molecule has 1 saturated carbocycles. The van der Waals surface area contributed by atoms with Gasteiger partial charge in [-0.2, -0.15) is 4.98 Å². The van der Waals surface area contributed by atoms with E-state index in [0.29, 0.717) is 11.8 Å². The Bertz CT molecular complexity index is 519. The zero-order chi connectivity index (χ0) is 11.8. The molecule has 7 nitrogen and oxygen atoms in total. The normalized spacial score (nSPS) is 17.3. The highest BCUT2D eigenvalue weighted by Gasteiger charge is 2.30. The molecule has 1 aliphatic carbocycles. The van der Waals surface area contributed by atoms with Crippen LogP contribution in [-0.2, 0) is 7.05 Å². The first-order valence-corrected chi connectivity index (χ1v) is 6.34. The van der Waals surface area contributed by atoms with Gasteiger partial charge in [0.15, 0.2) is 5.82 Å². The van der Waals surface area contributed by atoms with E-state index in [-0.39, 0.29) is 5.25 Å². The highest BCUT2D eigenvalue weighted by atomic mass is 32.2. The molecular weight excluding hydrogens is 240 g/mol. The zero-order valence-electron chi connectivity index (χ0n) is 9.57. The van der Waals surface area contributed by atoms with Crippen molar-refractivity contribution in [3.8, 4) is 0 Å². The SMILES string of the molecule is C[C@@H](Sc1nnnn1C)c1nc(C2CC2)no1. The van der Waals surface area contributed by atoms with Gasteiger partial charge in [0.05, 0.1) is 5.25 Å². The molecule has 0 unspecified atom stereocenters. The van der Waals surface area contributed by atoms with Crippen molar-refractivity contribution in [1.29, 1.82) is 0 Å². The summed E-state index contributed by atoms with van der Waals surface area (Å²) in [6, 6.07) is 0. The molecule has 0 radical (unpaired) electrons. The molecule has 1 fully saturated rings. The fourth-order valence-corrected chi connectivity index (χ4v) is 2.23. The first kappa shape index (κ1) is 10.7. The van der Waals surface area contributed by atoms with Crippen molar-refractivity contribution in [2.24, 2.45) is 7.05 Å². The molecule has 1 atom stereocenters. The summed E-state index contributed by atoms with van der Waals surface area (Å²) >= 11 is 1.51. The van der Waals surface area contributed by atoms with Crippen LogP contribution in [0.2, 0.25) is 0 Å². The van der Waals surface area contributed by atoms with Gasteiger partial charge in [-0.1, -0.05) is 16.9 Å². The first-order chi connectivity index (χ1) is 8.24. The fraction of sp³-hybridized carbons (Fsp3) is 0.667. The molecule has 0 spiro atoms. The average Bonchev–Trinajstić information content (AvgIpc) is 2.91. The van der Waals surface area contributed by atoms with Crippen LogP contribution in [0.25, 0.3) is 0 Å². The Labute approximate surface area is 102 Å². The Balaban J connectivity index is 1.72. The number of aromatic nitrogens is 6. The summed E-state index contributed by atoms with van der Waals surface area (Å²) < 4.78 is 6.88. The number of aryl methyl sites for hydroxylation is 1. The summed E-state index contributed by atoms with van der Waals surface area (Å²) in [4.78, 5) is 4.41. The van der Waals surface area contributed by atoms with Gasteiger partial charge in [-0.25, -0.2) is 4.68 Å². The van der Waals surface area contributed by atoms with Crippen LogP contribution in [0.4, 0.5) is 0 Å². The molecule has 3 rings (SSSR count). The van der Waals surface area contributed by atoms with Crippen molar-refractivity contribution >= 4 is 11.8 Å². The van der Waals surface area contributed by atoms with E-state index in [1.54, 1.807) is 11.7 Å². The molecule has 90 valence electrons. The number of rotatable bonds is 4. The Morgan fingerprint density at radius 2 is 2.29 bits per heavy atom. The van der Waals surface area contributed by atoms with Crippen LogP contribution >= 0.6 is 11.8 Å². The van der Waals surface area contributed by atoms with Gasteiger partial charge in [-0.15, -0.1) is 5.10 Å². The van der Waals surface area contributed by atoms with Crippen molar-refractivity contribution < 1.29 is 4.52 Å².